The summed E-state index contributed by atoms with van der Waals surface area (Å²) in [6.45, 7) is 7.87. The van der Waals surface area contributed by atoms with Gasteiger partial charge >= 0.3 is 23.0 Å². The van der Waals surface area contributed by atoms with Crippen molar-refractivity contribution in [2.45, 2.75) is 75.8 Å². The van der Waals surface area contributed by atoms with Gasteiger partial charge in [0.15, 0.2) is 0 Å². The van der Waals surface area contributed by atoms with E-state index in [0.717, 1.165) is 11.6 Å². The van der Waals surface area contributed by atoms with E-state index < -0.39 is 13.8 Å². The standard InChI is InChI=1S/C18H28F3P2.C5H5.Fe/c1-13(2)23(18(19,20)21)17-12-8-11-16(17)14(3)22(4)15-9-6-5-7-10-15;1-2-4-5-3-1;/h8,11-15H,5-7,9-10H2,1-4H3;1-5H;/q;;+2/t14-,22-,23+;;/m1../s1. The fraction of sp³-hybridized carbons (Fsp3) is 0.565. The molecule has 0 spiro atoms. The van der Waals surface area contributed by atoms with Gasteiger partial charge in [-0.15, -0.1) is 7.92 Å². The molecule has 0 amide bonds. The van der Waals surface area contributed by atoms with Crippen molar-refractivity contribution in [2.75, 3.05) is 6.66 Å². The smallest absolute Gasteiger partial charge is 0.167 e. The molecule has 0 aliphatic heterocycles. The van der Waals surface area contributed by atoms with E-state index in [1.807, 2.05) is 44.9 Å². The molecule has 0 heterocycles. The summed E-state index contributed by atoms with van der Waals surface area (Å²) in [6.07, 6.45) is 21.9. The third kappa shape index (κ3) is 8.55. The Morgan fingerprint density at radius 3 is 1.83 bits per heavy atom. The monoisotopic (exact) mass is 484 g/mol. The molecule has 3 fully saturated rings. The molecule has 3 aliphatic carbocycles. The minimum atomic E-state index is -4.10. The van der Waals surface area contributed by atoms with Crippen molar-refractivity contribution < 1.29 is 30.2 Å². The second-order valence-corrected chi connectivity index (χ2v) is 13.5. The first-order valence-corrected chi connectivity index (χ1v) is 13.6. The molecule has 0 N–H and O–H groups in total. The minimum Gasteiger partial charge on any atom is -0.167 e. The Labute approximate surface area is 191 Å². The quantitative estimate of drug-likeness (QED) is 0.274. The van der Waals surface area contributed by atoms with Crippen LogP contribution in [0.4, 0.5) is 13.2 Å². The maximum atomic E-state index is 13.6. The number of rotatable bonds is 5. The average Bonchev–Trinajstić information content (AvgIpc) is 3.35. The summed E-state index contributed by atoms with van der Waals surface area (Å²) in [6, 6.07) is 0. The van der Waals surface area contributed by atoms with Gasteiger partial charge in [0.1, 0.15) is 0 Å². The second kappa shape index (κ2) is 13.7. The molecular formula is C23H33F3FeP2+2. The van der Waals surface area contributed by atoms with E-state index in [4.69, 9.17) is 0 Å². The number of hydrogen-bond acceptors (Lipinski definition) is 0. The Hall–Kier alpha value is 1.17. The van der Waals surface area contributed by atoms with E-state index in [-0.39, 0.29) is 36.3 Å². The number of halogens is 3. The van der Waals surface area contributed by atoms with Crippen molar-refractivity contribution in [1.29, 1.82) is 0 Å². The van der Waals surface area contributed by atoms with Gasteiger partial charge in [-0.3, -0.25) is 0 Å². The molecule has 0 bridgehead atoms. The minimum absolute atomic E-state index is 0. The fourth-order valence-electron chi connectivity index (χ4n) is 4.05. The predicted molar refractivity (Wildman–Crippen MR) is 118 cm³/mol. The molecule has 0 aromatic heterocycles. The molecule has 0 aromatic carbocycles. The number of hydrogen-bond donors (Lipinski definition) is 0. The molecule has 3 rings (SSSR count). The van der Waals surface area contributed by atoms with Crippen LogP contribution in [0.25, 0.3) is 0 Å². The van der Waals surface area contributed by atoms with Crippen molar-refractivity contribution in [2.24, 2.45) is 0 Å². The summed E-state index contributed by atoms with van der Waals surface area (Å²) in [5.74, 6) is -3.13. The van der Waals surface area contributed by atoms with E-state index in [9.17, 15) is 13.2 Å². The van der Waals surface area contributed by atoms with Crippen LogP contribution in [0.2, 0.25) is 0 Å². The van der Waals surface area contributed by atoms with Gasteiger partial charge in [0.05, 0.1) is 0 Å². The average molecular weight is 484 g/mol. The van der Waals surface area contributed by atoms with Gasteiger partial charge in [0.2, 0.25) is 0 Å². The Morgan fingerprint density at radius 1 is 0.862 bits per heavy atom. The molecule has 10 radical (unpaired) electrons. The van der Waals surface area contributed by atoms with Crippen LogP contribution in [0, 0.1) is 62.9 Å². The number of alkyl halides is 3. The van der Waals surface area contributed by atoms with Crippen molar-refractivity contribution in [3.63, 3.8) is 0 Å². The molecule has 0 aromatic rings. The van der Waals surface area contributed by atoms with Crippen LogP contribution in [0.1, 0.15) is 52.9 Å². The van der Waals surface area contributed by atoms with Crippen LogP contribution in [0.5, 0.6) is 0 Å². The molecule has 0 unspecified atom stereocenters. The van der Waals surface area contributed by atoms with Crippen LogP contribution in [-0.2, 0) is 17.1 Å². The van der Waals surface area contributed by atoms with Crippen LogP contribution < -0.4 is 0 Å². The van der Waals surface area contributed by atoms with Gasteiger partial charge in [0, 0.05) is 13.6 Å². The molecule has 3 atom stereocenters. The topological polar surface area (TPSA) is 0 Å². The van der Waals surface area contributed by atoms with E-state index in [1.165, 1.54) is 32.1 Å². The van der Waals surface area contributed by atoms with Gasteiger partial charge in [-0.2, -0.15) is 13.2 Å². The van der Waals surface area contributed by atoms with Crippen molar-refractivity contribution in [3.05, 3.63) is 62.9 Å². The Bertz CT molecular complexity index is 427. The van der Waals surface area contributed by atoms with Crippen molar-refractivity contribution >= 4 is 15.8 Å². The van der Waals surface area contributed by atoms with E-state index in [1.54, 1.807) is 20.3 Å². The molecule has 0 saturated heterocycles. The first-order chi connectivity index (χ1) is 13.2. The Balaban J connectivity index is 0.000000610. The van der Waals surface area contributed by atoms with Crippen molar-refractivity contribution in [3.8, 4) is 0 Å². The van der Waals surface area contributed by atoms with Crippen LogP contribution in [-0.4, -0.2) is 29.6 Å². The summed E-state index contributed by atoms with van der Waals surface area (Å²) >= 11 is 0. The zero-order chi connectivity index (χ0) is 20.7. The molecule has 162 valence electrons. The fourth-order valence-corrected chi connectivity index (χ4v) is 8.84. The molecule has 0 nitrogen and oxygen atoms in total. The van der Waals surface area contributed by atoms with Gasteiger partial charge < -0.3 is 0 Å². The summed E-state index contributed by atoms with van der Waals surface area (Å²) in [5, 5.41) is 0. The zero-order valence-electron chi connectivity index (χ0n) is 17.8. The van der Waals surface area contributed by atoms with E-state index >= 15 is 0 Å². The second-order valence-electron chi connectivity index (χ2n) is 7.89. The maximum absolute atomic E-state index is 13.6. The maximum Gasteiger partial charge on any atom is 2.00 e. The molecule has 6 heteroatoms. The first kappa shape index (κ1) is 28.2. The summed E-state index contributed by atoms with van der Waals surface area (Å²) in [7, 11) is -2.37. The van der Waals surface area contributed by atoms with E-state index in [0.29, 0.717) is 5.66 Å². The summed E-state index contributed by atoms with van der Waals surface area (Å²) in [4.78, 5) is 0. The van der Waals surface area contributed by atoms with Gasteiger partial charge in [0.25, 0.3) is 0 Å². The zero-order valence-corrected chi connectivity index (χ0v) is 20.7. The van der Waals surface area contributed by atoms with Crippen molar-refractivity contribution in [1.82, 2.24) is 0 Å². The molecule has 29 heavy (non-hydrogen) atoms. The molecule has 3 saturated carbocycles. The normalized spacial score (nSPS) is 25.2. The Morgan fingerprint density at radius 2 is 1.38 bits per heavy atom. The summed E-state index contributed by atoms with van der Waals surface area (Å²) in [5.41, 5.74) is 1.22. The van der Waals surface area contributed by atoms with E-state index in [2.05, 4.69) is 13.6 Å². The van der Waals surface area contributed by atoms with Crippen LogP contribution in [0.15, 0.2) is 0 Å². The molecular weight excluding hydrogens is 451 g/mol. The third-order valence-electron chi connectivity index (χ3n) is 5.64. The van der Waals surface area contributed by atoms with Crippen LogP contribution in [0.3, 0.4) is 0 Å². The first-order valence-electron chi connectivity index (χ1n) is 10.2. The summed E-state index contributed by atoms with van der Waals surface area (Å²) < 4.78 is 40.7. The molecule has 3 aliphatic rings. The predicted octanol–water partition coefficient (Wildman–Crippen LogP) is 7.98. The van der Waals surface area contributed by atoms with Crippen LogP contribution >= 0.6 is 15.8 Å². The van der Waals surface area contributed by atoms with Gasteiger partial charge in [-0.25, -0.2) is 0 Å². The van der Waals surface area contributed by atoms with Gasteiger partial charge in [-0.05, 0) is 93.8 Å². The SMILES string of the molecule is CC(C)[P@@]([C]1[CH][CH][CH][C]1[C@@H](C)[P@@](C)C1CCCCC1)C(F)(F)F.[CH]1[CH][CH][CH][CH]1.[Fe+2]. The third-order valence-corrected chi connectivity index (χ3v) is 11.3. The van der Waals surface area contributed by atoms with Gasteiger partial charge in [-0.1, -0.05) is 40.0 Å². The largest absolute Gasteiger partial charge is 2.00 e. The Kier molecular flexibility index (Phi) is 13.3.